The Kier molecular flexibility index (Phi) is 7.29. The van der Waals surface area contributed by atoms with Crippen molar-refractivity contribution in [2.75, 3.05) is 11.9 Å². The number of carbonyl (C=O) groups is 2. The Balaban J connectivity index is 1.91. The molecule has 0 aliphatic heterocycles. The minimum absolute atomic E-state index is 0.0331. The molecule has 1 aromatic rings. The second-order valence-corrected chi connectivity index (χ2v) is 7.92. The highest BCUT2D eigenvalue weighted by Gasteiger charge is 2.25. The Morgan fingerprint density at radius 2 is 2.09 bits per heavy atom. The maximum absolute atomic E-state index is 12.1. The van der Waals surface area contributed by atoms with Gasteiger partial charge in [-0.1, -0.05) is 49.3 Å². The van der Waals surface area contributed by atoms with Crippen LogP contribution >= 0.6 is 23.1 Å². The molecule has 0 spiro atoms. The number of nitrogens with one attached hydrogen (secondary N) is 1. The lowest BCUT2D eigenvalue weighted by molar-refractivity contribution is -0.142. The number of anilines is 1. The van der Waals surface area contributed by atoms with Crippen molar-refractivity contribution < 1.29 is 14.3 Å². The predicted octanol–water partition coefficient (Wildman–Crippen LogP) is 3.49. The fourth-order valence-electron chi connectivity index (χ4n) is 2.55. The van der Waals surface area contributed by atoms with Crippen LogP contribution in [-0.4, -0.2) is 33.9 Å². The third-order valence-corrected chi connectivity index (χ3v) is 5.87. The summed E-state index contributed by atoms with van der Waals surface area (Å²) in [5.74, 6) is -0.0841. The van der Waals surface area contributed by atoms with E-state index in [2.05, 4.69) is 15.5 Å². The van der Waals surface area contributed by atoms with E-state index in [0.29, 0.717) is 16.1 Å². The van der Waals surface area contributed by atoms with Crippen molar-refractivity contribution in [2.45, 2.75) is 62.0 Å². The molecule has 128 valence electrons. The summed E-state index contributed by atoms with van der Waals surface area (Å²) in [6.45, 7) is 4.20. The molecule has 0 aromatic carbocycles. The molecule has 0 bridgehead atoms. The molecule has 1 fully saturated rings. The van der Waals surface area contributed by atoms with Gasteiger partial charge >= 0.3 is 5.97 Å². The van der Waals surface area contributed by atoms with Gasteiger partial charge in [-0.25, -0.2) is 0 Å². The van der Waals surface area contributed by atoms with Crippen molar-refractivity contribution in [1.29, 1.82) is 0 Å². The van der Waals surface area contributed by atoms with E-state index in [1.54, 1.807) is 6.92 Å². The maximum atomic E-state index is 12.1. The zero-order valence-electron chi connectivity index (χ0n) is 13.5. The predicted molar refractivity (Wildman–Crippen MR) is 91.7 cm³/mol. The summed E-state index contributed by atoms with van der Waals surface area (Å²) >= 11 is 2.67. The molecule has 23 heavy (non-hydrogen) atoms. The van der Waals surface area contributed by atoms with Crippen molar-refractivity contribution in [3.05, 3.63) is 0 Å². The van der Waals surface area contributed by atoms with E-state index >= 15 is 0 Å². The minimum Gasteiger partial charge on any atom is -0.465 e. The van der Waals surface area contributed by atoms with Gasteiger partial charge in [-0.05, 0) is 26.2 Å². The van der Waals surface area contributed by atoms with E-state index < -0.39 is 0 Å². The average molecular weight is 358 g/mol. The number of aromatic nitrogens is 2. The Morgan fingerprint density at radius 1 is 1.35 bits per heavy atom. The smallest absolute Gasteiger partial charge is 0.319 e. The number of esters is 1. The number of thioether (sulfide) groups is 1. The van der Waals surface area contributed by atoms with Crippen LogP contribution in [0.2, 0.25) is 0 Å². The van der Waals surface area contributed by atoms with Gasteiger partial charge < -0.3 is 10.1 Å². The van der Waals surface area contributed by atoms with Crippen molar-refractivity contribution in [1.82, 2.24) is 10.2 Å². The first kappa shape index (κ1) is 18.2. The van der Waals surface area contributed by atoms with Gasteiger partial charge in [-0.3, -0.25) is 9.59 Å². The highest BCUT2D eigenvalue weighted by atomic mass is 32.2. The summed E-state index contributed by atoms with van der Waals surface area (Å²) in [6.07, 6.45) is 5.76. The molecule has 1 aliphatic carbocycles. The van der Waals surface area contributed by atoms with Gasteiger partial charge in [0.25, 0.3) is 0 Å². The summed E-state index contributed by atoms with van der Waals surface area (Å²) < 4.78 is 5.77. The monoisotopic (exact) mass is 357 g/mol. The summed E-state index contributed by atoms with van der Waals surface area (Å²) in [5, 5.41) is 11.2. The average Bonchev–Trinajstić information content (AvgIpc) is 3.18. The SMILES string of the molecule is CCCC(Sc1nnc(NC(=O)C2CCCC2)s1)C(=O)OCC. The highest BCUT2D eigenvalue weighted by Crippen LogP contribution is 2.32. The van der Waals surface area contributed by atoms with Crippen LogP contribution in [0.15, 0.2) is 4.34 Å². The molecule has 6 nitrogen and oxygen atoms in total. The second kappa shape index (κ2) is 9.22. The largest absolute Gasteiger partial charge is 0.465 e. The number of carbonyl (C=O) groups excluding carboxylic acids is 2. The summed E-state index contributed by atoms with van der Waals surface area (Å²) in [5.41, 5.74) is 0. The Morgan fingerprint density at radius 3 is 2.74 bits per heavy atom. The topological polar surface area (TPSA) is 81.2 Å². The Hall–Kier alpha value is -1.15. The van der Waals surface area contributed by atoms with Gasteiger partial charge in [0, 0.05) is 5.92 Å². The van der Waals surface area contributed by atoms with Crippen molar-refractivity contribution in [3.8, 4) is 0 Å². The number of amides is 1. The molecular weight excluding hydrogens is 334 g/mol. The molecule has 8 heteroatoms. The molecule has 1 heterocycles. The van der Waals surface area contributed by atoms with Gasteiger partial charge in [0.15, 0.2) is 4.34 Å². The molecule has 1 amide bonds. The van der Waals surface area contributed by atoms with E-state index in [-0.39, 0.29) is 23.0 Å². The molecule has 1 N–H and O–H groups in total. The summed E-state index contributed by atoms with van der Waals surface area (Å²) in [4.78, 5) is 24.0. The molecule has 1 aliphatic rings. The van der Waals surface area contributed by atoms with Crippen molar-refractivity contribution >= 4 is 40.1 Å². The van der Waals surface area contributed by atoms with E-state index in [1.807, 2.05) is 6.92 Å². The third kappa shape index (κ3) is 5.46. The zero-order valence-corrected chi connectivity index (χ0v) is 15.2. The van der Waals surface area contributed by atoms with Gasteiger partial charge in [0.05, 0.1) is 6.61 Å². The van der Waals surface area contributed by atoms with Gasteiger partial charge in [0.1, 0.15) is 5.25 Å². The summed E-state index contributed by atoms with van der Waals surface area (Å²) in [7, 11) is 0. The van der Waals surface area contributed by atoms with Gasteiger partial charge in [-0.2, -0.15) is 0 Å². The molecule has 1 saturated carbocycles. The second-order valence-electron chi connectivity index (χ2n) is 5.49. The minimum atomic E-state index is -0.272. The number of nitrogens with zero attached hydrogens (tertiary/aromatic N) is 2. The first-order valence-corrected chi connectivity index (χ1v) is 9.81. The quantitative estimate of drug-likeness (QED) is 0.436. The Labute approximate surface area is 144 Å². The van der Waals surface area contributed by atoms with Crippen LogP contribution in [0.1, 0.15) is 52.4 Å². The number of hydrogen-bond acceptors (Lipinski definition) is 7. The molecule has 1 unspecified atom stereocenters. The zero-order chi connectivity index (χ0) is 16.7. The lowest BCUT2D eigenvalue weighted by Crippen LogP contribution is -2.20. The fraction of sp³-hybridized carbons (Fsp3) is 0.733. The number of rotatable bonds is 8. The molecule has 0 radical (unpaired) electrons. The lowest BCUT2D eigenvalue weighted by Gasteiger charge is -2.12. The van der Waals surface area contributed by atoms with Crippen LogP contribution in [0.4, 0.5) is 5.13 Å². The van der Waals surface area contributed by atoms with Crippen LogP contribution in [0.25, 0.3) is 0 Å². The lowest BCUT2D eigenvalue weighted by atomic mass is 10.1. The first-order valence-electron chi connectivity index (χ1n) is 8.11. The number of hydrogen-bond donors (Lipinski definition) is 1. The fourth-order valence-corrected chi connectivity index (χ4v) is 4.65. The van der Waals surface area contributed by atoms with E-state index in [4.69, 9.17) is 4.74 Å². The van der Waals surface area contributed by atoms with E-state index in [9.17, 15) is 9.59 Å². The molecule has 0 saturated heterocycles. The van der Waals surface area contributed by atoms with Crippen LogP contribution in [0.3, 0.4) is 0 Å². The third-order valence-electron chi connectivity index (χ3n) is 3.71. The van der Waals surface area contributed by atoms with Crippen molar-refractivity contribution in [3.63, 3.8) is 0 Å². The van der Waals surface area contributed by atoms with Crippen LogP contribution < -0.4 is 5.32 Å². The number of ether oxygens (including phenoxy) is 1. The molecule has 1 atom stereocenters. The van der Waals surface area contributed by atoms with Crippen LogP contribution in [0, 0.1) is 5.92 Å². The standard InChI is InChI=1S/C15H23N3O3S2/c1-3-7-11(13(20)21-4-2)22-15-18-17-14(23-15)16-12(19)10-8-5-6-9-10/h10-11H,3-9H2,1-2H3,(H,16,17,19). The first-order chi connectivity index (χ1) is 11.1. The molecule has 1 aromatic heterocycles. The molecule has 2 rings (SSSR count). The van der Waals surface area contributed by atoms with Crippen LogP contribution in [0.5, 0.6) is 0 Å². The van der Waals surface area contributed by atoms with Gasteiger partial charge in [0.2, 0.25) is 11.0 Å². The van der Waals surface area contributed by atoms with E-state index in [1.165, 1.54) is 23.1 Å². The summed E-state index contributed by atoms with van der Waals surface area (Å²) in [6, 6.07) is 0. The molecular formula is C15H23N3O3S2. The van der Waals surface area contributed by atoms with Crippen molar-refractivity contribution in [2.24, 2.45) is 5.92 Å². The van der Waals surface area contributed by atoms with E-state index in [0.717, 1.165) is 38.5 Å². The van der Waals surface area contributed by atoms with Gasteiger partial charge in [-0.15, -0.1) is 10.2 Å². The normalized spacial score (nSPS) is 16.3. The van der Waals surface area contributed by atoms with Crippen LogP contribution in [-0.2, 0) is 14.3 Å². The Bertz CT molecular complexity index is 530. The highest BCUT2D eigenvalue weighted by molar-refractivity contribution is 8.02. The maximum Gasteiger partial charge on any atom is 0.319 e.